The zero-order valence-corrected chi connectivity index (χ0v) is 16.2. The molecule has 27 heavy (non-hydrogen) atoms. The quantitative estimate of drug-likeness (QED) is 0.656. The number of sulfone groups is 1. The average Bonchev–Trinajstić information content (AvgIpc) is 2.93. The summed E-state index contributed by atoms with van der Waals surface area (Å²) in [7, 11) is -3.05. The summed E-state index contributed by atoms with van der Waals surface area (Å²) in [4.78, 5) is 35.3. The van der Waals surface area contributed by atoms with Crippen LogP contribution >= 0.6 is 0 Å². The first-order valence-electron chi connectivity index (χ1n) is 8.65. The van der Waals surface area contributed by atoms with E-state index in [9.17, 15) is 22.8 Å². The summed E-state index contributed by atoms with van der Waals surface area (Å²) in [6.45, 7) is 3.07. The molecule has 2 N–H and O–H groups in total. The molecule has 1 atom stereocenters. The molecule has 2 rings (SSSR count). The summed E-state index contributed by atoms with van der Waals surface area (Å²) in [5, 5.41) is 5.08. The van der Waals surface area contributed by atoms with Crippen molar-refractivity contribution >= 4 is 33.3 Å². The van der Waals surface area contributed by atoms with E-state index in [1.54, 1.807) is 6.07 Å². The van der Waals surface area contributed by atoms with Crippen molar-refractivity contribution in [1.29, 1.82) is 0 Å². The van der Waals surface area contributed by atoms with E-state index >= 15 is 0 Å². The molecule has 1 aromatic rings. The molecule has 0 unspecified atom stereocenters. The monoisotopic (exact) mass is 396 g/mol. The summed E-state index contributed by atoms with van der Waals surface area (Å²) in [5.74, 6) is -1.80. The Balaban J connectivity index is 1.67. The first-order chi connectivity index (χ1) is 12.7. The lowest BCUT2D eigenvalue weighted by Gasteiger charge is -2.11. The SMILES string of the molecule is Cc1cccc(NC(=O)CNC(=O)COC(=O)C[C@@H]2CCS(=O)(=O)C2)c1C. The van der Waals surface area contributed by atoms with Gasteiger partial charge in [-0.1, -0.05) is 12.1 Å². The number of amides is 2. The number of hydrogen-bond donors (Lipinski definition) is 2. The van der Waals surface area contributed by atoms with Crippen LogP contribution in [-0.2, 0) is 29.0 Å². The molecule has 0 radical (unpaired) electrons. The number of ether oxygens (including phenoxy) is 1. The molecular formula is C18H24N2O6S. The van der Waals surface area contributed by atoms with Crippen LogP contribution in [-0.4, -0.2) is 50.9 Å². The minimum atomic E-state index is -3.05. The van der Waals surface area contributed by atoms with Crippen LogP contribution < -0.4 is 10.6 Å². The lowest BCUT2D eigenvalue weighted by Crippen LogP contribution is -2.35. The predicted molar refractivity (Wildman–Crippen MR) is 99.9 cm³/mol. The number of rotatable bonds is 7. The van der Waals surface area contributed by atoms with Crippen LogP contribution in [0, 0.1) is 19.8 Å². The molecule has 1 saturated heterocycles. The number of carbonyl (C=O) groups excluding carboxylic acids is 3. The van der Waals surface area contributed by atoms with Crippen LogP contribution in [0.25, 0.3) is 0 Å². The van der Waals surface area contributed by atoms with Gasteiger partial charge in [0.2, 0.25) is 5.91 Å². The highest BCUT2D eigenvalue weighted by atomic mass is 32.2. The van der Waals surface area contributed by atoms with Gasteiger partial charge >= 0.3 is 5.97 Å². The number of carbonyl (C=O) groups is 3. The Bertz CT molecular complexity index is 834. The Morgan fingerprint density at radius 3 is 2.59 bits per heavy atom. The summed E-state index contributed by atoms with van der Waals surface area (Å²) in [6, 6.07) is 5.53. The van der Waals surface area contributed by atoms with Crippen molar-refractivity contribution in [3.63, 3.8) is 0 Å². The van der Waals surface area contributed by atoms with E-state index in [1.165, 1.54) is 0 Å². The van der Waals surface area contributed by atoms with Gasteiger partial charge in [-0.15, -0.1) is 0 Å². The van der Waals surface area contributed by atoms with E-state index < -0.39 is 28.3 Å². The molecule has 0 bridgehead atoms. The van der Waals surface area contributed by atoms with Crippen LogP contribution in [0.1, 0.15) is 24.0 Å². The summed E-state index contributed by atoms with van der Waals surface area (Å²) in [5.41, 5.74) is 2.66. The average molecular weight is 396 g/mol. The first kappa shape index (κ1) is 20.9. The second kappa shape index (κ2) is 8.98. The highest BCUT2D eigenvalue weighted by Crippen LogP contribution is 2.21. The van der Waals surface area contributed by atoms with E-state index in [4.69, 9.17) is 4.74 Å². The van der Waals surface area contributed by atoms with Crippen molar-refractivity contribution in [3.8, 4) is 0 Å². The van der Waals surface area contributed by atoms with Crippen LogP contribution in [0.3, 0.4) is 0 Å². The normalized spacial score (nSPS) is 17.9. The molecule has 9 heteroatoms. The van der Waals surface area contributed by atoms with Gasteiger partial charge in [0.1, 0.15) is 0 Å². The number of nitrogens with one attached hydrogen (secondary N) is 2. The van der Waals surface area contributed by atoms with Crippen molar-refractivity contribution in [2.75, 3.05) is 30.0 Å². The Kier molecular flexibility index (Phi) is 6.95. The van der Waals surface area contributed by atoms with Gasteiger partial charge in [-0.3, -0.25) is 14.4 Å². The zero-order valence-electron chi connectivity index (χ0n) is 15.4. The van der Waals surface area contributed by atoms with Crippen LogP contribution in [0.4, 0.5) is 5.69 Å². The first-order valence-corrected chi connectivity index (χ1v) is 10.5. The number of hydrogen-bond acceptors (Lipinski definition) is 6. The fourth-order valence-electron chi connectivity index (χ4n) is 2.78. The van der Waals surface area contributed by atoms with Crippen LogP contribution in [0.5, 0.6) is 0 Å². The van der Waals surface area contributed by atoms with Gasteiger partial charge in [-0.2, -0.15) is 0 Å². The highest BCUT2D eigenvalue weighted by molar-refractivity contribution is 7.91. The minimum absolute atomic E-state index is 0.0210. The van der Waals surface area contributed by atoms with E-state index in [2.05, 4.69) is 10.6 Å². The third kappa shape index (κ3) is 6.67. The Morgan fingerprint density at radius 1 is 1.19 bits per heavy atom. The number of esters is 1. The highest BCUT2D eigenvalue weighted by Gasteiger charge is 2.30. The molecule has 0 saturated carbocycles. The zero-order chi connectivity index (χ0) is 20.0. The molecular weight excluding hydrogens is 372 g/mol. The fraction of sp³-hybridized carbons (Fsp3) is 0.500. The molecule has 1 aliphatic rings. The maximum Gasteiger partial charge on any atom is 0.306 e. The summed E-state index contributed by atoms with van der Waals surface area (Å²) in [6.07, 6.45) is 0.405. The molecule has 2 amide bonds. The molecule has 1 aliphatic heterocycles. The second-order valence-corrected chi connectivity index (χ2v) is 8.93. The Morgan fingerprint density at radius 2 is 1.93 bits per heavy atom. The standard InChI is InChI=1S/C18H24N2O6S/c1-12-4-3-5-15(13(12)2)20-16(21)9-19-17(22)10-26-18(23)8-14-6-7-27(24,25)11-14/h3-5,14H,6-11H2,1-2H3,(H,19,22)(H,20,21)/t14-/m0/s1. The van der Waals surface area contributed by atoms with Gasteiger partial charge in [0.05, 0.1) is 18.1 Å². The van der Waals surface area contributed by atoms with Crippen molar-refractivity contribution in [3.05, 3.63) is 29.3 Å². The maximum atomic E-state index is 11.9. The van der Waals surface area contributed by atoms with Crippen LogP contribution in [0.15, 0.2) is 18.2 Å². The molecule has 8 nitrogen and oxygen atoms in total. The van der Waals surface area contributed by atoms with Gasteiger partial charge in [-0.05, 0) is 43.4 Å². The van der Waals surface area contributed by atoms with E-state index in [1.807, 2.05) is 26.0 Å². The topological polar surface area (TPSA) is 119 Å². The number of aryl methyl sites for hydroxylation is 1. The van der Waals surface area contributed by atoms with Gasteiger partial charge < -0.3 is 15.4 Å². The third-order valence-electron chi connectivity index (χ3n) is 4.47. The Labute approximate surface area is 158 Å². The third-order valence-corrected chi connectivity index (χ3v) is 6.31. The molecule has 1 fully saturated rings. The molecule has 0 aromatic heterocycles. The lowest BCUT2D eigenvalue weighted by atomic mass is 10.1. The summed E-state index contributed by atoms with van der Waals surface area (Å²) >= 11 is 0. The fourth-order valence-corrected chi connectivity index (χ4v) is 4.65. The van der Waals surface area contributed by atoms with Crippen molar-refractivity contribution in [1.82, 2.24) is 5.32 Å². The minimum Gasteiger partial charge on any atom is -0.456 e. The van der Waals surface area contributed by atoms with Crippen molar-refractivity contribution in [2.45, 2.75) is 26.7 Å². The maximum absolute atomic E-state index is 11.9. The summed E-state index contributed by atoms with van der Waals surface area (Å²) < 4.78 is 27.5. The largest absolute Gasteiger partial charge is 0.456 e. The van der Waals surface area contributed by atoms with Gasteiger partial charge in [0.15, 0.2) is 16.4 Å². The van der Waals surface area contributed by atoms with E-state index in [0.29, 0.717) is 12.1 Å². The smallest absolute Gasteiger partial charge is 0.306 e. The number of benzene rings is 1. The molecule has 1 heterocycles. The number of anilines is 1. The molecule has 0 aliphatic carbocycles. The van der Waals surface area contributed by atoms with Crippen molar-refractivity contribution in [2.24, 2.45) is 5.92 Å². The Hall–Kier alpha value is -2.42. The van der Waals surface area contributed by atoms with Crippen molar-refractivity contribution < 1.29 is 27.5 Å². The van der Waals surface area contributed by atoms with Gasteiger partial charge in [-0.25, -0.2) is 8.42 Å². The van der Waals surface area contributed by atoms with E-state index in [0.717, 1.165) is 11.1 Å². The van der Waals surface area contributed by atoms with Gasteiger partial charge in [0.25, 0.3) is 5.91 Å². The molecule has 1 aromatic carbocycles. The second-order valence-electron chi connectivity index (χ2n) is 6.71. The lowest BCUT2D eigenvalue weighted by molar-refractivity contribution is -0.149. The van der Waals surface area contributed by atoms with E-state index in [-0.39, 0.29) is 36.3 Å². The molecule has 148 valence electrons. The molecule has 0 spiro atoms. The van der Waals surface area contributed by atoms with Crippen LogP contribution in [0.2, 0.25) is 0 Å². The predicted octanol–water partition coefficient (Wildman–Crippen LogP) is 0.726. The van der Waals surface area contributed by atoms with Gasteiger partial charge in [0, 0.05) is 12.1 Å².